The summed E-state index contributed by atoms with van der Waals surface area (Å²) in [5.74, 6) is 1.28. The molecule has 1 N–H and O–H groups in total. The third-order valence-electron chi connectivity index (χ3n) is 5.14. The summed E-state index contributed by atoms with van der Waals surface area (Å²) in [4.78, 5) is 17.2. The van der Waals surface area contributed by atoms with Gasteiger partial charge >= 0.3 is 0 Å². The monoisotopic (exact) mass is 417 g/mol. The van der Waals surface area contributed by atoms with E-state index < -0.39 is 0 Å². The largest absolute Gasteiger partial charge is 0.496 e. The van der Waals surface area contributed by atoms with Crippen molar-refractivity contribution in [1.29, 1.82) is 0 Å². The van der Waals surface area contributed by atoms with E-state index in [1.807, 2.05) is 18.2 Å². The summed E-state index contributed by atoms with van der Waals surface area (Å²) in [6.07, 6.45) is 0.892. The molecule has 0 unspecified atom stereocenters. The Bertz CT molecular complexity index is 823. The minimum absolute atomic E-state index is 0.162. The molecule has 29 heavy (non-hydrogen) atoms. The summed E-state index contributed by atoms with van der Waals surface area (Å²) in [7, 11) is 3.26. The van der Waals surface area contributed by atoms with Crippen LogP contribution < -0.4 is 19.7 Å². The molecule has 0 aromatic heterocycles. The van der Waals surface area contributed by atoms with Crippen molar-refractivity contribution < 1.29 is 14.3 Å². The van der Waals surface area contributed by atoms with Crippen LogP contribution in [0.4, 0.5) is 5.69 Å². The number of ether oxygens (including phenoxy) is 2. The number of hydrogen-bond acceptors (Lipinski definition) is 5. The van der Waals surface area contributed by atoms with E-state index in [4.69, 9.17) is 21.1 Å². The fourth-order valence-corrected chi connectivity index (χ4v) is 3.73. The van der Waals surface area contributed by atoms with Crippen LogP contribution in [0.3, 0.4) is 0 Å². The van der Waals surface area contributed by atoms with Gasteiger partial charge in [-0.2, -0.15) is 0 Å². The van der Waals surface area contributed by atoms with Crippen LogP contribution in [-0.2, 0) is 0 Å². The smallest absolute Gasteiger partial charge is 0.255 e. The van der Waals surface area contributed by atoms with E-state index in [0.717, 1.165) is 50.6 Å². The highest BCUT2D eigenvalue weighted by atomic mass is 35.5. The molecule has 1 amide bonds. The number of para-hydroxylation sites is 2. The van der Waals surface area contributed by atoms with Gasteiger partial charge in [0.15, 0.2) is 0 Å². The molecule has 0 spiro atoms. The molecule has 1 aliphatic heterocycles. The first-order chi connectivity index (χ1) is 14.1. The van der Waals surface area contributed by atoms with Crippen LogP contribution in [-0.4, -0.2) is 64.3 Å². The maximum atomic E-state index is 12.4. The molecule has 0 radical (unpaired) electrons. The second-order valence-electron chi connectivity index (χ2n) is 6.95. The number of carbonyl (C=O) groups excluding carboxylic acids is 1. The molecule has 1 fully saturated rings. The second-order valence-corrected chi connectivity index (χ2v) is 7.39. The van der Waals surface area contributed by atoms with Crippen molar-refractivity contribution >= 4 is 23.2 Å². The average molecular weight is 418 g/mol. The van der Waals surface area contributed by atoms with Gasteiger partial charge < -0.3 is 19.7 Å². The van der Waals surface area contributed by atoms with Gasteiger partial charge in [0.1, 0.15) is 11.5 Å². The molecule has 1 heterocycles. The molecule has 7 heteroatoms. The number of methoxy groups -OCH3 is 2. The lowest BCUT2D eigenvalue weighted by molar-refractivity contribution is 0.0948. The van der Waals surface area contributed by atoms with Crippen LogP contribution in [0.2, 0.25) is 5.02 Å². The highest BCUT2D eigenvalue weighted by Crippen LogP contribution is 2.28. The lowest BCUT2D eigenvalue weighted by atomic mass is 10.2. The minimum atomic E-state index is -0.162. The van der Waals surface area contributed by atoms with Crippen molar-refractivity contribution in [2.75, 3.05) is 58.4 Å². The maximum absolute atomic E-state index is 12.4. The van der Waals surface area contributed by atoms with E-state index in [-0.39, 0.29) is 5.91 Å². The van der Waals surface area contributed by atoms with Crippen molar-refractivity contribution in [1.82, 2.24) is 10.2 Å². The SMILES string of the molecule is COc1ccc(Cl)cc1C(=O)NCCCN1CCN(c2ccccc2OC)CC1. The van der Waals surface area contributed by atoms with Crippen molar-refractivity contribution in [2.45, 2.75) is 6.42 Å². The molecule has 3 rings (SSSR count). The van der Waals surface area contributed by atoms with Crippen molar-refractivity contribution in [2.24, 2.45) is 0 Å². The van der Waals surface area contributed by atoms with Crippen molar-refractivity contribution in [3.05, 3.63) is 53.1 Å². The van der Waals surface area contributed by atoms with Gasteiger partial charge in [0.05, 0.1) is 25.5 Å². The van der Waals surface area contributed by atoms with Gasteiger partial charge in [-0.05, 0) is 43.3 Å². The Morgan fingerprint density at radius 3 is 2.48 bits per heavy atom. The van der Waals surface area contributed by atoms with E-state index in [9.17, 15) is 4.79 Å². The van der Waals surface area contributed by atoms with E-state index in [1.165, 1.54) is 0 Å². The molecule has 0 saturated carbocycles. The molecule has 1 aliphatic rings. The van der Waals surface area contributed by atoms with E-state index in [2.05, 4.69) is 21.2 Å². The number of hydrogen-bond donors (Lipinski definition) is 1. The zero-order valence-electron chi connectivity index (χ0n) is 17.0. The Labute approximate surface area is 177 Å². The summed E-state index contributed by atoms with van der Waals surface area (Å²) < 4.78 is 10.7. The summed E-state index contributed by atoms with van der Waals surface area (Å²) in [6.45, 7) is 5.48. The van der Waals surface area contributed by atoms with Gasteiger partial charge in [0.25, 0.3) is 5.91 Å². The molecule has 0 atom stereocenters. The first-order valence-corrected chi connectivity index (χ1v) is 10.2. The Hall–Kier alpha value is -2.44. The molecular formula is C22H28ClN3O3. The Morgan fingerprint density at radius 2 is 1.76 bits per heavy atom. The first-order valence-electron chi connectivity index (χ1n) is 9.84. The highest BCUT2D eigenvalue weighted by molar-refractivity contribution is 6.31. The first kappa shape index (κ1) is 21.3. The predicted molar refractivity (Wildman–Crippen MR) is 117 cm³/mol. The number of nitrogens with zero attached hydrogens (tertiary/aromatic N) is 2. The summed E-state index contributed by atoms with van der Waals surface area (Å²) in [5, 5.41) is 3.48. The van der Waals surface area contributed by atoms with Gasteiger partial charge in [0.2, 0.25) is 0 Å². The van der Waals surface area contributed by atoms with E-state index in [1.54, 1.807) is 32.4 Å². The number of nitrogens with one attached hydrogen (secondary N) is 1. The Balaban J connectivity index is 1.41. The predicted octanol–water partition coefficient (Wildman–Crippen LogP) is 3.30. The lowest BCUT2D eigenvalue weighted by Crippen LogP contribution is -2.47. The number of halogens is 1. The molecule has 156 valence electrons. The lowest BCUT2D eigenvalue weighted by Gasteiger charge is -2.36. The van der Waals surface area contributed by atoms with E-state index >= 15 is 0 Å². The number of amides is 1. The quantitative estimate of drug-likeness (QED) is 0.668. The number of benzene rings is 2. The number of rotatable bonds is 8. The molecule has 0 aliphatic carbocycles. The topological polar surface area (TPSA) is 54.0 Å². The normalized spacial score (nSPS) is 14.5. The fourth-order valence-electron chi connectivity index (χ4n) is 3.56. The van der Waals surface area contributed by atoms with Crippen LogP contribution in [0.15, 0.2) is 42.5 Å². The molecule has 0 bridgehead atoms. The summed E-state index contributed by atoms with van der Waals surface area (Å²) >= 11 is 6.00. The number of piperazine rings is 1. The fraction of sp³-hybridized carbons (Fsp3) is 0.409. The average Bonchev–Trinajstić information content (AvgIpc) is 2.77. The summed E-state index contributed by atoms with van der Waals surface area (Å²) in [6, 6.07) is 13.2. The highest BCUT2D eigenvalue weighted by Gasteiger charge is 2.19. The van der Waals surface area contributed by atoms with Crippen LogP contribution in [0, 0.1) is 0 Å². The third kappa shape index (κ3) is 5.55. The molecule has 1 saturated heterocycles. The van der Waals surface area contributed by atoms with Crippen molar-refractivity contribution in [3.8, 4) is 11.5 Å². The zero-order valence-corrected chi connectivity index (χ0v) is 17.7. The molecule has 6 nitrogen and oxygen atoms in total. The Kier molecular flexibility index (Phi) is 7.61. The molecule has 2 aromatic rings. The zero-order chi connectivity index (χ0) is 20.6. The van der Waals surface area contributed by atoms with Gasteiger partial charge in [-0.1, -0.05) is 23.7 Å². The number of anilines is 1. The minimum Gasteiger partial charge on any atom is -0.496 e. The summed E-state index contributed by atoms with van der Waals surface area (Å²) in [5.41, 5.74) is 1.61. The number of carbonyl (C=O) groups is 1. The van der Waals surface area contributed by atoms with Crippen LogP contribution >= 0.6 is 11.6 Å². The van der Waals surface area contributed by atoms with Crippen LogP contribution in [0.5, 0.6) is 11.5 Å². The van der Waals surface area contributed by atoms with Crippen LogP contribution in [0.1, 0.15) is 16.8 Å². The van der Waals surface area contributed by atoms with E-state index in [0.29, 0.717) is 22.9 Å². The third-order valence-corrected chi connectivity index (χ3v) is 5.38. The van der Waals surface area contributed by atoms with Crippen molar-refractivity contribution in [3.63, 3.8) is 0 Å². The Morgan fingerprint density at radius 1 is 1.03 bits per heavy atom. The van der Waals surface area contributed by atoms with Gasteiger partial charge in [0, 0.05) is 37.7 Å². The van der Waals surface area contributed by atoms with Gasteiger partial charge in [-0.15, -0.1) is 0 Å². The second kappa shape index (κ2) is 10.4. The van der Waals surface area contributed by atoms with Gasteiger partial charge in [-0.25, -0.2) is 0 Å². The molecule has 2 aromatic carbocycles. The standard InChI is InChI=1S/C22H28ClN3O3/c1-28-20-9-8-17(23)16-18(20)22(27)24-10-5-11-25-12-14-26(15-13-25)19-6-3-4-7-21(19)29-2/h3-4,6-9,16H,5,10-15H2,1-2H3,(H,24,27). The van der Waals surface area contributed by atoms with Crippen LogP contribution in [0.25, 0.3) is 0 Å². The van der Waals surface area contributed by atoms with Gasteiger partial charge in [-0.3, -0.25) is 9.69 Å². The molecular weight excluding hydrogens is 390 g/mol. The maximum Gasteiger partial charge on any atom is 0.255 e.